The van der Waals surface area contributed by atoms with Gasteiger partial charge >= 0.3 is 0 Å². The van der Waals surface area contributed by atoms with Crippen molar-refractivity contribution in [1.82, 2.24) is 14.8 Å². The van der Waals surface area contributed by atoms with Crippen molar-refractivity contribution in [3.05, 3.63) is 59.8 Å². The molecule has 2 aromatic carbocycles. The maximum atomic E-state index is 13.2. The molecule has 3 atom stereocenters. The van der Waals surface area contributed by atoms with Crippen LogP contribution in [-0.4, -0.2) is 65.3 Å². The summed E-state index contributed by atoms with van der Waals surface area (Å²) in [6, 6.07) is 13.2. The lowest BCUT2D eigenvalue weighted by Gasteiger charge is -2.32. The highest BCUT2D eigenvalue weighted by Gasteiger charge is 2.30. The van der Waals surface area contributed by atoms with E-state index in [0.29, 0.717) is 30.1 Å². The lowest BCUT2D eigenvalue weighted by atomic mass is 10.0. The van der Waals surface area contributed by atoms with E-state index in [4.69, 9.17) is 4.74 Å². The van der Waals surface area contributed by atoms with E-state index in [0.717, 1.165) is 16.5 Å². The molecule has 1 aromatic heterocycles. The van der Waals surface area contributed by atoms with E-state index >= 15 is 0 Å². The molecule has 4 rings (SSSR count). The number of amides is 2. The zero-order valence-corrected chi connectivity index (χ0v) is 21.5. The standard InChI is InChI=1S/C28H36N4O4/c1-18-15-32(19(2)17-33)28(35)13-20-11-22(9-10-25(20)36-26(18)14-29-3)30-27(34)12-21-16-31(4)24-8-6-5-7-23(21)24/h5-11,16,18-19,26,29,33H,12-15,17H2,1-4H3,(H,30,34)/t18-,19-,26-/m1/s1. The van der Waals surface area contributed by atoms with Crippen LogP contribution in [0.4, 0.5) is 5.69 Å². The van der Waals surface area contributed by atoms with Crippen LogP contribution in [0.15, 0.2) is 48.7 Å². The average molecular weight is 493 g/mol. The van der Waals surface area contributed by atoms with E-state index in [1.165, 1.54) is 0 Å². The summed E-state index contributed by atoms with van der Waals surface area (Å²) in [5.41, 5.74) is 3.38. The van der Waals surface area contributed by atoms with Crippen LogP contribution < -0.4 is 15.4 Å². The van der Waals surface area contributed by atoms with Crippen LogP contribution >= 0.6 is 0 Å². The summed E-state index contributed by atoms with van der Waals surface area (Å²) in [6.45, 7) is 4.92. The van der Waals surface area contributed by atoms with Crippen molar-refractivity contribution in [2.24, 2.45) is 13.0 Å². The number of anilines is 1. The van der Waals surface area contributed by atoms with Crippen LogP contribution in [0.3, 0.4) is 0 Å². The number of aromatic nitrogens is 1. The number of carbonyl (C=O) groups excluding carboxylic acids is 2. The SMILES string of the molecule is CNC[C@H]1Oc2ccc(NC(=O)Cc3cn(C)c4ccccc34)cc2CC(=O)N([C@H](C)CO)C[C@H]1C. The Morgan fingerprint density at radius 1 is 1.25 bits per heavy atom. The zero-order valence-electron chi connectivity index (χ0n) is 21.5. The number of aliphatic hydroxyl groups is 1. The Hall–Kier alpha value is -3.36. The fraction of sp³-hybridized carbons (Fsp3) is 0.429. The first kappa shape index (κ1) is 25.7. The minimum atomic E-state index is -0.291. The number of rotatable bonds is 7. The third kappa shape index (κ3) is 5.55. The van der Waals surface area contributed by atoms with E-state index in [2.05, 4.69) is 17.6 Å². The number of hydrogen-bond acceptors (Lipinski definition) is 5. The van der Waals surface area contributed by atoms with Gasteiger partial charge in [-0.3, -0.25) is 9.59 Å². The van der Waals surface area contributed by atoms with Crippen LogP contribution in [0.2, 0.25) is 0 Å². The number of aliphatic hydroxyl groups excluding tert-OH is 1. The Kier molecular flexibility index (Phi) is 7.96. The van der Waals surface area contributed by atoms with Gasteiger partial charge in [-0.05, 0) is 43.8 Å². The highest BCUT2D eigenvalue weighted by atomic mass is 16.5. The van der Waals surface area contributed by atoms with Crippen molar-refractivity contribution in [3.63, 3.8) is 0 Å². The number of nitrogens with one attached hydrogen (secondary N) is 2. The van der Waals surface area contributed by atoms with Gasteiger partial charge in [0.2, 0.25) is 11.8 Å². The Labute approximate surface area is 212 Å². The number of hydrogen-bond donors (Lipinski definition) is 3. The minimum absolute atomic E-state index is 0.0569. The van der Waals surface area contributed by atoms with Gasteiger partial charge in [0.15, 0.2) is 0 Å². The molecule has 0 saturated carbocycles. The first-order valence-corrected chi connectivity index (χ1v) is 12.5. The number of benzene rings is 2. The van der Waals surface area contributed by atoms with Crippen molar-refractivity contribution >= 4 is 28.4 Å². The maximum Gasteiger partial charge on any atom is 0.228 e. The van der Waals surface area contributed by atoms with Gasteiger partial charge in [-0.2, -0.15) is 0 Å². The predicted molar refractivity (Wildman–Crippen MR) is 141 cm³/mol. The number of nitrogens with zero attached hydrogens (tertiary/aromatic N) is 2. The number of aryl methyl sites for hydroxylation is 1. The van der Waals surface area contributed by atoms with Crippen LogP contribution in [0.1, 0.15) is 25.0 Å². The lowest BCUT2D eigenvalue weighted by Crippen LogP contribution is -2.47. The lowest BCUT2D eigenvalue weighted by molar-refractivity contribution is -0.134. The predicted octanol–water partition coefficient (Wildman–Crippen LogP) is 2.73. The van der Waals surface area contributed by atoms with Gasteiger partial charge < -0.3 is 29.9 Å². The summed E-state index contributed by atoms with van der Waals surface area (Å²) >= 11 is 0. The molecule has 8 heteroatoms. The number of para-hydroxylation sites is 1. The van der Waals surface area contributed by atoms with Gasteiger partial charge in [0, 0.05) is 54.4 Å². The van der Waals surface area contributed by atoms with Gasteiger partial charge in [-0.15, -0.1) is 0 Å². The van der Waals surface area contributed by atoms with E-state index in [9.17, 15) is 14.7 Å². The second-order valence-electron chi connectivity index (χ2n) is 9.78. The largest absolute Gasteiger partial charge is 0.488 e. The topological polar surface area (TPSA) is 95.8 Å². The molecule has 0 radical (unpaired) electrons. The van der Waals surface area contributed by atoms with Gasteiger partial charge in [-0.25, -0.2) is 0 Å². The first-order chi connectivity index (χ1) is 17.3. The van der Waals surface area contributed by atoms with Crippen molar-refractivity contribution in [2.75, 3.05) is 32.1 Å². The van der Waals surface area contributed by atoms with Crippen molar-refractivity contribution in [2.45, 2.75) is 38.8 Å². The van der Waals surface area contributed by atoms with Gasteiger partial charge in [-0.1, -0.05) is 25.1 Å². The fourth-order valence-corrected chi connectivity index (χ4v) is 4.90. The maximum absolute atomic E-state index is 13.2. The van der Waals surface area contributed by atoms with E-state index in [-0.39, 0.29) is 49.3 Å². The van der Waals surface area contributed by atoms with Gasteiger partial charge in [0.1, 0.15) is 11.9 Å². The summed E-state index contributed by atoms with van der Waals surface area (Å²) in [6.07, 6.45) is 2.21. The summed E-state index contributed by atoms with van der Waals surface area (Å²) in [7, 11) is 3.85. The van der Waals surface area contributed by atoms with Crippen molar-refractivity contribution in [1.29, 1.82) is 0 Å². The van der Waals surface area contributed by atoms with Crippen LogP contribution in [0.25, 0.3) is 10.9 Å². The fourth-order valence-electron chi connectivity index (χ4n) is 4.90. The van der Waals surface area contributed by atoms with Crippen LogP contribution in [-0.2, 0) is 29.5 Å². The Morgan fingerprint density at radius 2 is 2.03 bits per heavy atom. The Balaban J connectivity index is 1.57. The zero-order chi connectivity index (χ0) is 25.8. The van der Waals surface area contributed by atoms with Crippen molar-refractivity contribution < 1.29 is 19.4 Å². The molecule has 36 heavy (non-hydrogen) atoms. The minimum Gasteiger partial charge on any atom is -0.488 e. The smallest absolute Gasteiger partial charge is 0.228 e. The molecule has 0 unspecified atom stereocenters. The molecule has 0 bridgehead atoms. The number of ether oxygens (including phenoxy) is 1. The van der Waals surface area contributed by atoms with Crippen LogP contribution in [0, 0.1) is 5.92 Å². The molecule has 0 saturated heterocycles. The average Bonchev–Trinajstić information content (AvgIpc) is 3.19. The van der Waals surface area contributed by atoms with E-state index in [1.54, 1.807) is 4.90 Å². The third-order valence-electron chi connectivity index (χ3n) is 6.94. The molecule has 3 aromatic rings. The molecular weight excluding hydrogens is 456 g/mol. The Morgan fingerprint density at radius 3 is 2.78 bits per heavy atom. The number of likely N-dealkylation sites (N-methyl/N-ethyl adjacent to an activating group) is 1. The normalized spacial score (nSPS) is 19.1. The second-order valence-corrected chi connectivity index (χ2v) is 9.78. The molecule has 3 N–H and O–H groups in total. The second kappa shape index (κ2) is 11.1. The monoisotopic (exact) mass is 492 g/mol. The summed E-state index contributed by atoms with van der Waals surface area (Å²) in [4.78, 5) is 27.9. The molecule has 0 fully saturated rings. The van der Waals surface area contributed by atoms with Gasteiger partial charge in [0.05, 0.1) is 25.5 Å². The molecule has 8 nitrogen and oxygen atoms in total. The Bertz CT molecular complexity index is 1240. The molecular formula is C28H36N4O4. The molecule has 192 valence electrons. The molecule has 2 heterocycles. The summed E-state index contributed by atoms with van der Waals surface area (Å²) in [5.74, 6) is 0.499. The van der Waals surface area contributed by atoms with Crippen LogP contribution in [0.5, 0.6) is 5.75 Å². The summed E-state index contributed by atoms with van der Waals surface area (Å²) in [5, 5.41) is 17.0. The van der Waals surface area contributed by atoms with Gasteiger partial charge in [0.25, 0.3) is 0 Å². The molecule has 1 aliphatic rings. The van der Waals surface area contributed by atoms with Crippen molar-refractivity contribution in [3.8, 4) is 5.75 Å². The molecule has 0 aliphatic carbocycles. The van der Waals surface area contributed by atoms with E-state index < -0.39 is 0 Å². The highest BCUT2D eigenvalue weighted by molar-refractivity contribution is 5.96. The molecule has 2 amide bonds. The summed E-state index contributed by atoms with van der Waals surface area (Å²) < 4.78 is 8.39. The quantitative estimate of drug-likeness (QED) is 0.471. The number of fused-ring (bicyclic) bond motifs is 2. The highest BCUT2D eigenvalue weighted by Crippen LogP contribution is 2.29. The number of carbonyl (C=O) groups is 2. The third-order valence-corrected chi connectivity index (χ3v) is 6.94. The molecule has 0 spiro atoms. The molecule has 1 aliphatic heterocycles. The first-order valence-electron chi connectivity index (χ1n) is 12.5. The van der Waals surface area contributed by atoms with E-state index in [1.807, 2.05) is 74.2 Å².